The summed E-state index contributed by atoms with van der Waals surface area (Å²) >= 11 is 1.61. The Morgan fingerprint density at radius 1 is 1.31 bits per heavy atom. The van der Waals surface area contributed by atoms with E-state index in [0.717, 1.165) is 11.3 Å². The lowest BCUT2D eigenvalue weighted by Gasteiger charge is -2.35. The third kappa shape index (κ3) is 2.58. The van der Waals surface area contributed by atoms with Gasteiger partial charge in [-0.1, -0.05) is 18.2 Å². The molecule has 6 nitrogen and oxygen atoms in total. The molecule has 0 saturated carbocycles. The van der Waals surface area contributed by atoms with Gasteiger partial charge in [-0.3, -0.25) is 9.59 Å². The summed E-state index contributed by atoms with van der Waals surface area (Å²) in [6, 6.07) is 10.9. The van der Waals surface area contributed by atoms with Crippen molar-refractivity contribution >= 4 is 23.6 Å². The van der Waals surface area contributed by atoms with Crippen molar-refractivity contribution < 1.29 is 23.8 Å². The number of carbonyl (C=O) groups excluding carboxylic acids is 1. The van der Waals surface area contributed by atoms with Crippen LogP contribution >= 0.6 is 11.8 Å². The average molecular weight is 373 g/mol. The van der Waals surface area contributed by atoms with E-state index in [1.165, 1.54) is 0 Å². The highest BCUT2D eigenvalue weighted by atomic mass is 32.2. The number of furan rings is 1. The summed E-state index contributed by atoms with van der Waals surface area (Å²) in [5.74, 6) is 0.871. The van der Waals surface area contributed by atoms with Gasteiger partial charge < -0.3 is 19.2 Å². The van der Waals surface area contributed by atoms with Crippen LogP contribution in [0, 0.1) is 5.41 Å². The van der Waals surface area contributed by atoms with Crippen LogP contribution in [-0.4, -0.2) is 47.8 Å². The fourth-order valence-corrected chi connectivity index (χ4v) is 4.30. The summed E-state index contributed by atoms with van der Waals surface area (Å²) in [7, 11) is 0. The van der Waals surface area contributed by atoms with Crippen LogP contribution < -0.4 is 4.74 Å². The Balaban J connectivity index is 1.65. The Morgan fingerprint density at radius 3 is 2.88 bits per heavy atom. The molecule has 1 fully saturated rings. The van der Waals surface area contributed by atoms with Crippen molar-refractivity contribution in [1.29, 1.82) is 0 Å². The van der Waals surface area contributed by atoms with Crippen molar-refractivity contribution in [3.63, 3.8) is 0 Å². The summed E-state index contributed by atoms with van der Waals surface area (Å²) in [6.07, 6.45) is 1.96. The van der Waals surface area contributed by atoms with Gasteiger partial charge in [0.2, 0.25) is 0 Å². The van der Waals surface area contributed by atoms with Gasteiger partial charge in [0.1, 0.15) is 23.5 Å². The molecule has 0 aliphatic carbocycles. The molecule has 0 radical (unpaired) electrons. The molecule has 2 atom stereocenters. The molecule has 1 N–H and O–H groups in total. The van der Waals surface area contributed by atoms with Gasteiger partial charge in [-0.15, -0.1) is 0 Å². The lowest BCUT2D eigenvalue weighted by atomic mass is 9.73. The molecule has 26 heavy (non-hydrogen) atoms. The van der Waals surface area contributed by atoms with E-state index >= 15 is 0 Å². The first kappa shape index (κ1) is 17.0. The molecule has 7 heteroatoms. The highest BCUT2D eigenvalue weighted by Crippen LogP contribution is 2.49. The number of para-hydroxylation sites is 1. The number of nitrogens with zero attached hydrogens (tertiary/aromatic N) is 1. The zero-order valence-corrected chi connectivity index (χ0v) is 15.1. The van der Waals surface area contributed by atoms with Crippen LogP contribution in [0.15, 0.2) is 40.8 Å². The number of carboxylic acid groups (broad SMARTS) is 1. The highest BCUT2D eigenvalue weighted by molar-refractivity contribution is 7.97. The van der Waals surface area contributed by atoms with E-state index in [1.54, 1.807) is 28.8 Å². The van der Waals surface area contributed by atoms with E-state index in [4.69, 9.17) is 9.15 Å². The summed E-state index contributed by atoms with van der Waals surface area (Å²) < 4.78 is 11.4. The molecule has 2 aromatic rings. The van der Waals surface area contributed by atoms with Gasteiger partial charge in [0.05, 0.1) is 5.75 Å². The smallest absolute Gasteiger partial charge is 0.315 e. The number of ether oxygens (including phenoxy) is 1. The van der Waals surface area contributed by atoms with Crippen LogP contribution in [0.4, 0.5) is 0 Å². The van der Waals surface area contributed by atoms with Gasteiger partial charge in [-0.2, -0.15) is 11.8 Å². The van der Waals surface area contributed by atoms with Crippen molar-refractivity contribution in [3.05, 3.63) is 53.5 Å². The molecular formula is C19H19NO5S. The van der Waals surface area contributed by atoms with E-state index in [1.807, 2.05) is 30.5 Å². The third-order valence-electron chi connectivity index (χ3n) is 5.19. The summed E-state index contributed by atoms with van der Waals surface area (Å²) in [6.45, 7) is 0.506. The predicted molar refractivity (Wildman–Crippen MR) is 96.6 cm³/mol. The van der Waals surface area contributed by atoms with Crippen molar-refractivity contribution in [2.45, 2.75) is 11.7 Å². The van der Waals surface area contributed by atoms with Gasteiger partial charge in [-0.25, -0.2) is 0 Å². The van der Waals surface area contributed by atoms with Crippen LogP contribution in [0.25, 0.3) is 0 Å². The van der Waals surface area contributed by atoms with Gasteiger partial charge >= 0.3 is 5.97 Å². The van der Waals surface area contributed by atoms with E-state index in [0.29, 0.717) is 18.0 Å². The first-order valence-electron chi connectivity index (χ1n) is 8.37. The Morgan fingerprint density at radius 2 is 2.12 bits per heavy atom. The number of amides is 1. The van der Waals surface area contributed by atoms with E-state index in [9.17, 15) is 14.7 Å². The molecule has 0 bridgehead atoms. The average Bonchev–Trinajstić information content (AvgIpc) is 3.27. The van der Waals surface area contributed by atoms with Crippen molar-refractivity contribution in [2.24, 2.45) is 5.41 Å². The van der Waals surface area contributed by atoms with Crippen molar-refractivity contribution in [2.75, 3.05) is 26.0 Å². The number of hydrogen-bond acceptors (Lipinski definition) is 5. The maximum Gasteiger partial charge on any atom is 0.315 e. The normalized spacial score (nSPS) is 23.9. The second-order valence-electron chi connectivity index (χ2n) is 6.73. The number of thioether (sulfide) groups is 1. The number of benzene rings is 1. The first-order valence-corrected chi connectivity index (χ1v) is 9.76. The summed E-state index contributed by atoms with van der Waals surface area (Å²) in [5.41, 5.74) is -0.280. The van der Waals surface area contributed by atoms with Gasteiger partial charge in [0.25, 0.3) is 5.91 Å². The minimum absolute atomic E-state index is 0.0592. The van der Waals surface area contributed by atoms with Crippen molar-refractivity contribution in [1.82, 2.24) is 4.90 Å². The Hall–Kier alpha value is -2.41. The van der Waals surface area contributed by atoms with Crippen LogP contribution in [0.3, 0.4) is 0 Å². The topological polar surface area (TPSA) is 80.0 Å². The third-order valence-corrected chi connectivity index (χ3v) is 5.77. The van der Waals surface area contributed by atoms with E-state index in [-0.39, 0.29) is 30.7 Å². The van der Waals surface area contributed by atoms with E-state index in [2.05, 4.69) is 0 Å². The number of fused-ring (bicyclic) bond motifs is 3. The first-order chi connectivity index (χ1) is 12.5. The number of likely N-dealkylation sites (tertiary alicyclic amines) is 1. The minimum atomic E-state index is -1.13. The zero-order chi connectivity index (χ0) is 18.3. The number of carbonyl (C=O) groups is 2. The summed E-state index contributed by atoms with van der Waals surface area (Å²) in [5, 5.41) is 9.92. The molecule has 2 aliphatic rings. The van der Waals surface area contributed by atoms with Crippen LogP contribution in [0.5, 0.6) is 5.75 Å². The lowest BCUT2D eigenvalue weighted by Crippen LogP contribution is -2.46. The Bertz CT molecular complexity index is 863. The second kappa shape index (κ2) is 6.39. The maximum atomic E-state index is 12.9. The molecule has 1 aromatic carbocycles. The van der Waals surface area contributed by atoms with Gasteiger partial charge in [0, 0.05) is 24.6 Å². The van der Waals surface area contributed by atoms with Crippen molar-refractivity contribution in [3.8, 4) is 5.75 Å². The zero-order valence-electron chi connectivity index (χ0n) is 14.3. The predicted octanol–water partition coefficient (Wildman–Crippen LogP) is 2.85. The molecule has 2 aliphatic heterocycles. The highest BCUT2D eigenvalue weighted by Gasteiger charge is 2.57. The quantitative estimate of drug-likeness (QED) is 0.888. The monoisotopic (exact) mass is 373 g/mol. The van der Waals surface area contributed by atoms with Crippen LogP contribution in [-0.2, 0) is 10.5 Å². The standard InChI is InChI=1S/C19H19NO5S/c1-26-9-12-6-7-16(25-12)17(21)20-8-14-13-4-2-3-5-15(13)24-11-19(14,10-20)18(22)23/h2-7,14H,8-11H2,1H3,(H,22,23)/t14-,19-/m1/s1. The maximum absolute atomic E-state index is 12.9. The molecule has 1 aromatic heterocycles. The van der Waals surface area contributed by atoms with Gasteiger partial charge in [0.15, 0.2) is 5.76 Å². The molecule has 0 spiro atoms. The fourth-order valence-electron chi connectivity index (χ4n) is 3.86. The SMILES string of the molecule is CSCc1ccc(C(=O)N2C[C@@H]3c4ccccc4OC[C@]3(C(=O)O)C2)o1. The Labute approximate surface area is 155 Å². The lowest BCUT2D eigenvalue weighted by molar-refractivity contribution is -0.151. The molecule has 4 rings (SSSR count). The Kier molecular flexibility index (Phi) is 4.19. The van der Waals surface area contributed by atoms with Crippen LogP contribution in [0.1, 0.15) is 27.8 Å². The second-order valence-corrected chi connectivity index (χ2v) is 7.59. The molecule has 1 amide bonds. The van der Waals surface area contributed by atoms with E-state index < -0.39 is 11.4 Å². The number of hydrogen-bond donors (Lipinski definition) is 1. The molecule has 0 unspecified atom stereocenters. The number of carboxylic acids is 1. The molecular weight excluding hydrogens is 354 g/mol. The fraction of sp³-hybridized carbons (Fsp3) is 0.368. The van der Waals surface area contributed by atoms with Gasteiger partial charge in [-0.05, 0) is 24.5 Å². The largest absolute Gasteiger partial charge is 0.492 e. The number of rotatable bonds is 4. The minimum Gasteiger partial charge on any atom is -0.492 e. The molecule has 1 saturated heterocycles. The molecule has 3 heterocycles. The number of aliphatic carboxylic acids is 1. The summed E-state index contributed by atoms with van der Waals surface area (Å²) in [4.78, 5) is 26.6. The molecule has 136 valence electrons. The van der Waals surface area contributed by atoms with Crippen LogP contribution in [0.2, 0.25) is 0 Å².